The normalized spacial score (nSPS) is 39.0. The van der Waals surface area contributed by atoms with Gasteiger partial charge in [0.15, 0.2) is 17.7 Å². The smallest absolute Gasteiger partial charge is 0.167 e. The lowest BCUT2D eigenvalue weighted by Gasteiger charge is -2.44. The SMILES string of the molecule is Nc1ncnc2c1ncn2[C@@H]1O[C@@]2(CC[C@@H]2O)C(O)[C@@H]1O. The lowest BCUT2D eigenvalue weighted by Crippen LogP contribution is -2.59. The van der Waals surface area contributed by atoms with Crippen LogP contribution in [-0.2, 0) is 4.74 Å². The number of aliphatic hydroxyl groups is 3. The van der Waals surface area contributed by atoms with Crippen LogP contribution in [-0.4, -0.2) is 58.8 Å². The van der Waals surface area contributed by atoms with Crippen LogP contribution < -0.4 is 5.73 Å². The summed E-state index contributed by atoms with van der Waals surface area (Å²) in [4.78, 5) is 12.0. The van der Waals surface area contributed by atoms with Gasteiger partial charge >= 0.3 is 0 Å². The summed E-state index contributed by atoms with van der Waals surface area (Å²) in [6.45, 7) is 0. The number of ether oxygens (including phenoxy) is 1. The average molecular weight is 293 g/mol. The molecule has 112 valence electrons. The van der Waals surface area contributed by atoms with Gasteiger partial charge in [0, 0.05) is 0 Å². The van der Waals surface area contributed by atoms with Gasteiger partial charge in [-0.05, 0) is 12.8 Å². The van der Waals surface area contributed by atoms with E-state index < -0.39 is 30.1 Å². The molecule has 9 nitrogen and oxygen atoms in total. The standard InChI is InChI=1S/C12H15N5O4/c13-9-6-10(15-3-14-9)17(4-16-6)11-7(19)8(20)12(21-11)2-1-5(12)18/h3-5,7-8,11,18-20H,1-2H2,(H2,13,14,15)/t5-,7-,8?,11+,12+/m0/s1. The van der Waals surface area contributed by atoms with Crippen molar-refractivity contribution in [3.8, 4) is 0 Å². The van der Waals surface area contributed by atoms with Crippen molar-refractivity contribution in [2.75, 3.05) is 5.73 Å². The molecule has 2 aromatic heterocycles. The number of aromatic nitrogens is 4. The predicted octanol–water partition coefficient (Wildman–Crippen LogP) is -1.45. The molecule has 2 aliphatic rings. The Bertz CT molecular complexity index is 706. The number of fused-ring (bicyclic) bond motifs is 1. The molecule has 1 unspecified atom stereocenters. The van der Waals surface area contributed by atoms with E-state index in [1.165, 1.54) is 17.2 Å². The second-order valence-electron chi connectivity index (χ2n) is 5.54. The first kappa shape index (κ1) is 12.9. The number of hydrogen-bond acceptors (Lipinski definition) is 8. The summed E-state index contributed by atoms with van der Waals surface area (Å²) in [6.07, 6.45) is -0.266. The Morgan fingerprint density at radius 1 is 1.29 bits per heavy atom. The molecule has 21 heavy (non-hydrogen) atoms. The average Bonchev–Trinajstić information content (AvgIpc) is 3.01. The predicted molar refractivity (Wildman–Crippen MR) is 69.8 cm³/mol. The minimum atomic E-state index is -1.19. The van der Waals surface area contributed by atoms with Crippen molar-refractivity contribution >= 4 is 17.0 Å². The van der Waals surface area contributed by atoms with Gasteiger partial charge in [0.1, 0.15) is 29.7 Å². The number of aliphatic hydroxyl groups excluding tert-OH is 3. The Hall–Kier alpha value is -1.81. The van der Waals surface area contributed by atoms with Crippen molar-refractivity contribution in [3.05, 3.63) is 12.7 Å². The molecule has 1 aliphatic carbocycles. The van der Waals surface area contributed by atoms with Gasteiger partial charge in [-0.25, -0.2) is 15.0 Å². The summed E-state index contributed by atoms with van der Waals surface area (Å²) in [7, 11) is 0. The molecule has 0 bridgehead atoms. The van der Waals surface area contributed by atoms with E-state index in [0.29, 0.717) is 24.0 Å². The van der Waals surface area contributed by atoms with Crippen LogP contribution >= 0.6 is 0 Å². The summed E-state index contributed by atoms with van der Waals surface area (Å²) in [5, 5.41) is 30.4. The second-order valence-corrected chi connectivity index (χ2v) is 5.54. The summed E-state index contributed by atoms with van der Waals surface area (Å²) in [5.41, 5.74) is 5.42. The zero-order chi connectivity index (χ0) is 14.8. The third-order valence-electron chi connectivity index (χ3n) is 4.49. The molecule has 0 aromatic carbocycles. The first-order chi connectivity index (χ1) is 10.0. The van der Waals surface area contributed by atoms with E-state index in [9.17, 15) is 15.3 Å². The first-order valence-corrected chi connectivity index (χ1v) is 6.69. The van der Waals surface area contributed by atoms with Crippen molar-refractivity contribution in [3.63, 3.8) is 0 Å². The van der Waals surface area contributed by atoms with Crippen molar-refractivity contribution in [2.24, 2.45) is 0 Å². The Kier molecular flexibility index (Phi) is 2.52. The number of imidazole rings is 1. The molecule has 9 heteroatoms. The first-order valence-electron chi connectivity index (χ1n) is 6.69. The topological polar surface area (TPSA) is 140 Å². The number of nitrogen functional groups attached to an aromatic ring is 1. The Balaban J connectivity index is 1.78. The number of rotatable bonds is 1. The molecule has 2 fully saturated rings. The third kappa shape index (κ3) is 1.51. The van der Waals surface area contributed by atoms with Gasteiger partial charge in [0.25, 0.3) is 0 Å². The molecule has 2 aromatic rings. The summed E-state index contributed by atoms with van der Waals surface area (Å²) >= 11 is 0. The molecule has 5 N–H and O–H groups in total. The third-order valence-corrected chi connectivity index (χ3v) is 4.49. The zero-order valence-electron chi connectivity index (χ0n) is 11.0. The van der Waals surface area contributed by atoms with Crippen LogP contribution in [0.25, 0.3) is 11.2 Å². The highest BCUT2D eigenvalue weighted by atomic mass is 16.6. The molecular weight excluding hydrogens is 278 g/mol. The van der Waals surface area contributed by atoms with Gasteiger partial charge in [0.05, 0.1) is 12.4 Å². The Labute approximate surface area is 119 Å². The fourth-order valence-corrected chi connectivity index (χ4v) is 3.13. The minimum Gasteiger partial charge on any atom is -0.390 e. The summed E-state index contributed by atoms with van der Waals surface area (Å²) in [6, 6.07) is 0. The second kappa shape index (κ2) is 4.10. The highest BCUT2D eigenvalue weighted by Gasteiger charge is 2.63. The highest BCUT2D eigenvalue weighted by Crippen LogP contribution is 2.49. The van der Waals surface area contributed by atoms with Crippen molar-refractivity contribution in [1.29, 1.82) is 0 Å². The van der Waals surface area contributed by atoms with E-state index in [1.54, 1.807) is 0 Å². The van der Waals surface area contributed by atoms with Gasteiger partial charge in [-0.1, -0.05) is 0 Å². The molecular formula is C12H15N5O4. The highest BCUT2D eigenvalue weighted by molar-refractivity contribution is 5.81. The molecule has 3 heterocycles. The van der Waals surface area contributed by atoms with E-state index in [4.69, 9.17) is 10.5 Å². The van der Waals surface area contributed by atoms with E-state index in [2.05, 4.69) is 15.0 Å². The van der Waals surface area contributed by atoms with Crippen LogP contribution in [0.3, 0.4) is 0 Å². The number of nitrogens with two attached hydrogens (primary N) is 1. The Morgan fingerprint density at radius 3 is 2.71 bits per heavy atom. The van der Waals surface area contributed by atoms with E-state index >= 15 is 0 Å². The van der Waals surface area contributed by atoms with Crippen molar-refractivity contribution < 1.29 is 20.1 Å². The van der Waals surface area contributed by atoms with Crippen LogP contribution in [0.2, 0.25) is 0 Å². The van der Waals surface area contributed by atoms with Crippen LogP contribution in [0.4, 0.5) is 5.82 Å². The maximum Gasteiger partial charge on any atom is 0.167 e. The van der Waals surface area contributed by atoms with Crippen LogP contribution in [0, 0.1) is 0 Å². The fraction of sp³-hybridized carbons (Fsp3) is 0.583. The lowest BCUT2D eigenvalue weighted by molar-refractivity contribution is -0.213. The monoisotopic (exact) mass is 293 g/mol. The minimum absolute atomic E-state index is 0.227. The van der Waals surface area contributed by atoms with Gasteiger partial charge < -0.3 is 25.8 Å². The number of nitrogens with zero attached hydrogens (tertiary/aromatic N) is 4. The van der Waals surface area contributed by atoms with Crippen LogP contribution in [0.5, 0.6) is 0 Å². The van der Waals surface area contributed by atoms with Crippen LogP contribution in [0.1, 0.15) is 19.1 Å². The lowest BCUT2D eigenvalue weighted by atomic mass is 9.73. The van der Waals surface area contributed by atoms with Crippen LogP contribution in [0.15, 0.2) is 12.7 Å². The molecule has 1 aliphatic heterocycles. The van der Waals surface area contributed by atoms with Crippen molar-refractivity contribution in [2.45, 2.75) is 43.0 Å². The van der Waals surface area contributed by atoms with E-state index in [1.807, 2.05) is 0 Å². The van der Waals surface area contributed by atoms with Gasteiger partial charge in [-0.2, -0.15) is 0 Å². The molecule has 4 rings (SSSR count). The largest absolute Gasteiger partial charge is 0.390 e. The maximum atomic E-state index is 10.3. The molecule has 1 spiro atoms. The quantitative estimate of drug-likeness (QED) is 0.501. The number of anilines is 1. The Morgan fingerprint density at radius 2 is 2.10 bits per heavy atom. The molecule has 0 amide bonds. The number of hydrogen-bond donors (Lipinski definition) is 4. The van der Waals surface area contributed by atoms with Crippen molar-refractivity contribution in [1.82, 2.24) is 19.5 Å². The molecule has 1 saturated carbocycles. The zero-order valence-corrected chi connectivity index (χ0v) is 11.0. The molecule has 1 saturated heterocycles. The van der Waals surface area contributed by atoms with E-state index in [-0.39, 0.29) is 5.82 Å². The fourth-order valence-electron chi connectivity index (χ4n) is 3.13. The van der Waals surface area contributed by atoms with Gasteiger partial charge in [-0.3, -0.25) is 4.57 Å². The summed E-state index contributed by atoms with van der Waals surface area (Å²) in [5.74, 6) is 0.227. The van der Waals surface area contributed by atoms with Gasteiger partial charge in [-0.15, -0.1) is 0 Å². The van der Waals surface area contributed by atoms with E-state index in [0.717, 1.165) is 0 Å². The molecule has 5 atom stereocenters. The molecule has 0 radical (unpaired) electrons. The summed E-state index contributed by atoms with van der Waals surface area (Å²) < 4.78 is 7.29. The van der Waals surface area contributed by atoms with Gasteiger partial charge in [0.2, 0.25) is 0 Å². The maximum absolute atomic E-state index is 10.3.